The van der Waals surface area contributed by atoms with Crippen LogP contribution in [-0.4, -0.2) is 64.4 Å². The van der Waals surface area contributed by atoms with Gasteiger partial charge in [0.05, 0.1) is 12.9 Å². The first-order valence-corrected chi connectivity index (χ1v) is 12.5. The number of hydrogen-bond donors (Lipinski definition) is 6. The third-order valence-electron chi connectivity index (χ3n) is 3.87. The second-order valence-corrected chi connectivity index (χ2v) is 10.5. The molecule has 19 nitrogen and oxygen atoms in total. The van der Waals surface area contributed by atoms with E-state index in [9.17, 15) is 38.5 Å². The molecule has 0 radical (unpaired) electrons. The van der Waals surface area contributed by atoms with E-state index in [1.165, 1.54) is 0 Å². The average Bonchev–Trinajstić information content (AvgIpc) is 3.12. The molecule has 2 aromatic heterocycles. The molecular formula is C10H14Li2N5O14P3. The van der Waals surface area contributed by atoms with Gasteiger partial charge in [0.2, 0.25) is 5.95 Å². The third kappa shape index (κ3) is 7.57. The van der Waals surface area contributed by atoms with Gasteiger partial charge >= 0.3 is 45.5 Å². The Morgan fingerprint density at radius 2 is 1.76 bits per heavy atom. The number of hydrogen-bond acceptors (Lipinski definition) is 15. The number of aromatic amines is 1. The Balaban J connectivity index is 0.00000289. The van der Waals surface area contributed by atoms with Crippen molar-refractivity contribution in [3.05, 3.63) is 16.7 Å². The SMILES string of the molecule is Nc1nc2c(ncn2[C@@H]2O[C@H](COP(=O)([O-])OP(=O)([O-])OP(=O)(O)O)[C@@H](O)[C@H]2O)c(=O)[nH]1.[Li+].[Li+]. The second-order valence-electron chi connectivity index (χ2n) is 6.17. The number of nitrogens with two attached hydrogens (primary N) is 1. The number of aliphatic hydroxyl groups is 2. The summed E-state index contributed by atoms with van der Waals surface area (Å²) in [4.78, 5) is 61.4. The predicted molar refractivity (Wildman–Crippen MR) is 93.9 cm³/mol. The molecule has 24 heteroatoms. The van der Waals surface area contributed by atoms with Crippen LogP contribution in [0.1, 0.15) is 6.23 Å². The first-order chi connectivity index (χ1) is 14.6. The van der Waals surface area contributed by atoms with Crippen molar-refractivity contribution in [2.75, 3.05) is 12.3 Å². The van der Waals surface area contributed by atoms with Gasteiger partial charge in [-0.15, -0.1) is 0 Å². The smallest absolute Gasteiger partial charge is 0.756 e. The van der Waals surface area contributed by atoms with Gasteiger partial charge in [-0.3, -0.25) is 23.5 Å². The molecule has 2 aromatic rings. The van der Waals surface area contributed by atoms with Crippen molar-refractivity contribution in [3.63, 3.8) is 0 Å². The molecule has 0 spiro atoms. The standard InChI is InChI=1S/C10H16N5O14P3.2Li/c11-10-13-7-4(8(18)14-10)12-2-15(7)9-6(17)5(16)3(27-9)1-26-31(22,23)29-32(24,25)28-30(19,20)21;;/h2-3,5-6,9,16-17H,1H2,(H,22,23)(H,24,25)(H2,19,20,21)(H3,11,13,14,18);;/q;2*+1/p-2/t3-,5-,6-,9-;;/m1../s1. The number of phosphoric acid groups is 3. The molecule has 34 heavy (non-hydrogen) atoms. The van der Waals surface area contributed by atoms with E-state index in [0.717, 1.165) is 10.9 Å². The Hall–Kier alpha value is -0.365. The van der Waals surface area contributed by atoms with E-state index in [2.05, 4.69) is 28.1 Å². The summed E-state index contributed by atoms with van der Waals surface area (Å²) >= 11 is 0. The topological polar surface area (TPSA) is 305 Å². The third-order valence-corrected chi connectivity index (χ3v) is 7.58. The Kier molecular flexibility index (Phi) is 10.6. The van der Waals surface area contributed by atoms with Crippen molar-refractivity contribution in [2.45, 2.75) is 24.5 Å². The molecule has 3 rings (SSSR count). The minimum Gasteiger partial charge on any atom is -0.756 e. The van der Waals surface area contributed by atoms with E-state index < -0.39 is 60.2 Å². The zero-order chi connectivity index (χ0) is 24.1. The van der Waals surface area contributed by atoms with E-state index in [4.69, 9.17) is 20.3 Å². The zero-order valence-corrected chi connectivity index (χ0v) is 19.9. The van der Waals surface area contributed by atoms with Gasteiger partial charge in [0, 0.05) is 0 Å². The molecule has 7 N–H and O–H groups in total. The molecular weight excluding hydrogens is 521 g/mol. The average molecular weight is 535 g/mol. The summed E-state index contributed by atoms with van der Waals surface area (Å²) in [5.74, 6) is -0.291. The van der Waals surface area contributed by atoms with Crippen LogP contribution in [0.4, 0.5) is 5.95 Å². The van der Waals surface area contributed by atoms with E-state index in [1.807, 2.05) is 0 Å². The maximum Gasteiger partial charge on any atom is 1.00 e. The summed E-state index contributed by atoms with van der Waals surface area (Å²) in [6.07, 6.45) is -5.52. The van der Waals surface area contributed by atoms with Gasteiger partial charge in [-0.1, -0.05) is 0 Å². The minimum atomic E-state index is -6.04. The van der Waals surface area contributed by atoms with Crippen LogP contribution in [0.3, 0.4) is 0 Å². The Bertz CT molecular complexity index is 1220. The van der Waals surface area contributed by atoms with Gasteiger partial charge in [0.15, 0.2) is 17.4 Å². The summed E-state index contributed by atoms with van der Waals surface area (Å²) in [5.41, 5.74) is 4.43. The van der Waals surface area contributed by atoms with E-state index >= 15 is 0 Å². The van der Waals surface area contributed by atoms with E-state index in [-0.39, 0.29) is 54.8 Å². The van der Waals surface area contributed by atoms with Crippen LogP contribution in [0.25, 0.3) is 11.2 Å². The number of imidazole rings is 1. The Labute approximate surface area is 212 Å². The fraction of sp³-hybridized carbons (Fsp3) is 0.500. The molecule has 0 bridgehead atoms. The number of aromatic nitrogens is 4. The number of fused-ring (bicyclic) bond motifs is 1. The molecule has 3 heterocycles. The van der Waals surface area contributed by atoms with Gasteiger partial charge in [0.25, 0.3) is 21.2 Å². The number of rotatable bonds is 8. The van der Waals surface area contributed by atoms with Crippen molar-refractivity contribution >= 4 is 40.6 Å². The van der Waals surface area contributed by atoms with Crippen LogP contribution in [-0.2, 0) is 31.6 Å². The first kappa shape index (κ1) is 31.7. The van der Waals surface area contributed by atoms with Crippen LogP contribution in [0.5, 0.6) is 0 Å². The molecule has 1 aliphatic rings. The monoisotopic (exact) mass is 535 g/mol. The van der Waals surface area contributed by atoms with Crippen molar-refractivity contribution < 1.29 is 99.1 Å². The van der Waals surface area contributed by atoms with Gasteiger partial charge in [-0.05, 0) is 0 Å². The van der Waals surface area contributed by atoms with E-state index in [1.54, 1.807) is 0 Å². The van der Waals surface area contributed by atoms with Crippen molar-refractivity contribution in [3.8, 4) is 0 Å². The second kappa shape index (κ2) is 11.4. The van der Waals surface area contributed by atoms with Crippen molar-refractivity contribution in [1.29, 1.82) is 0 Å². The maximum atomic E-state index is 11.8. The number of anilines is 1. The summed E-state index contributed by atoms with van der Waals surface area (Å²) in [6.45, 7) is -1.10. The molecule has 0 saturated carbocycles. The number of nitrogens with one attached hydrogen (secondary N) is 1. The summed E-state index contributed by atoms with van der Waals surface area (Å²) in [5, 5.41) is 20.3. The Morgan fingerprint density at radius 3 is 2.35 bits per heavy atom. The molecule has 1 aliphatic heterocycles. The maximum absolute atomic E-state index is 11.8. The molecule has 6 atom stereocenters. The molecule has 2 unspecified atom stereocenters. The van der Waals surface area contributed by atoms with Crippen LogP contribution in [0, 0.1) is 0 Å². The summed E-state index contributed by atoms with van der Waals surface area (Å²) in [6, 6.07) is 0. The summed E-state index contributed by atoms with van der Waals surface area (Å²) < 4.78 is 50.7. The summed E-state index contributed by atoms with van der Waals surface area (Å²) in [7, 11) is -17.5. The fourth-order valence-corrected chi connectivity index (χ4v) is 5.61. The largest absolute Gasteiger partial charge is 1.00 e. The number of nitrogen functional groups attached to an aromatic ring is 1. The zero-order valence-electron chi connectivity index (χ0n) is 17.2. The van der Waals surface area contributed by atoms with E-state index in [0.29, 0.717) is 0 Å². The molecule has 0 aromatic carbocycles. The molecule has 0 amide bonds. The number of H-pyrrole nitrogens is 1. The van der Waals surface area contributed by atoms with Crippen LogP contribution in [0.2, 0.25) is 0 Å². The number of phosphoric ester groups is 1. The number of aliphatic hydroxyl groups excluding tert-OH is 2. The first-order valence-electron chi connectivity index (χ1n) is 8.07. The van der Waals surface area contributed by atoms with Crippen LogP contribution in [0.15, 0.2) is 11.1 Å². The van der Waals surface area contributed by atoms with Crippen LogP contribution < -0.4 is 58.8 Å². The minimum absolute atomic E-state index is 0. The Morgan fingerprint density at radius 1 is 1.15 bits per heavy atom. The van der Waals surface area contributed by atoms with Gasteiger partial charge < -0.3 is 44.8 Å². The molecule has 180 valence electrons. The number of ether oxygens (including phenoxy) is 1. The molecule has 1 fully saturated rings. The normalized spacial score (nSPS) is 26.3. The van der Waals surface area contributed by atoms with Crippen molar-refractivity contribution in [1.82, 2.24) is 19.5 Å². The molecule has 1 saturated heterocycles. The van der Waals surface area contributed by atoms with Gasteiger partial charge in [-0.2, -0.15) is 4.98 Å². The van der Waals surface area contributed by atoms with Gasteiger partial charge in [-0.25, -0.2) is 18.2 Å². The number of nitrogens with zero attached hydrogens (tertiary/aromatic N) is 3. The quantitative estimate of drug-likeness (QED) is 0.135. The van der Waals surface area contributed by atoms with Crippen LogP contribution >= 0.6 is 23.5 Å². The molecule has 0 aliphatic carbocycles. The predicted octanol–water partition coefficient (Wildman–Crippen LogP) is -9.59. The van der Waals surface area contributed by atoms with Crippen molar-refractivity contribution in [2.24, 2.45) is 0 Å². The van der Waals surface area contributed by atoms with Gasteiger partial charge in [0.1, 0.15) is 18.3 Å². The fourth-order valence-electron chi connectivity index (χ4n) is 2.68.